The van der Waals surface area contributed by atoms with Crippen LogP contribution in [0.4, 0.5) is 20.2 Å². The normalized spacial score (nSPS) is 14.0. The number of aryl methyl sites for hydroxylation is 1. The third-order valence-electron chi connectivity index (χ3n) is 4.31. The van der Waals surface area contributed by atoms with Crippen molar-refractivity contribution in [2.45, 2.75) is 19.8 Å². The third-order valence-corrected chi connectivity index (χ3v) is 6.09. The van der Waals surface area contributed by atoms with Crippen molar-refractivity contribution in [3.63, 3.8) is 0 Å². The molecule has 2 aromatic rings. The number of fused-ring (bicyclic) bond motifs is 1. The number of benzene rings is 2. The number of anilines is 2. The Morgan fingerprint density at radius 3 is 2.54 bits per heavy atom. The maximum Gasteiger partial charge on any atom is 0.261 e. The number of carbonyl (C=O) groups is 1. The van der Waals surface area contributed by atoms with E-state index in [1.54, 1.807) is 19.1 Å². The second-order valence-corrected chi connectivity index (χ2v) is 8.15. The SMILES string of the molecule is CCS(=O)(=O)N1CCCc2ccc(NC(=O)c3c(F)cccc3F)cc21. The van der Waals surface area contributed by atoms with E-state index in [4.69, 9.17) is 0 Å². The Morgan fingerprint density at radius 1 is 1.19 bits per heavy atom. The largest absolute Gasteiger partial charge is 0.322 e. The molecule has 1 heterocycles. The van der Waals surface area contributed by atoms with Crippen molar-refractivity contribution in [2.24, 2.45) is 0 Å². The Bertz CT molecular complexity index is 941. The number of nitrogens with zero attached hydrogens (tertiary/aromatic N) is 1. The highest BCUT2D eigenvalue weighted by molar-refractivity contribution is 7.92. The first kappa shape index (κ1) is 18.3. The Morgan fingerprint density at radius 2 is 1.88 bits per heavy atom. The molecule has 0 unspecified atom stereocenters. The van der Waals surface area contributed by atoms with Crippen LogP contribution in [0, 0.1) is 11.6 Å². The molecule has 2 aromatic carbocycles. The van der Waals surface area contributed by atoms with Crippen molar-refractivity contribution in [1.29, 1.82) is 0 Å². The van der Waals surface area contributed by atoms with Gasteiger partial charge in [-0.1, -0.05) is 12.1 Å². The van der Waals surface area contributed by atoms with E-state index in [0.717, 1.165) is 24.1 Å². The summed E-state index contributed by atoms with van der Waals surface area (Å²) in [6.07, 6.45) is 1.43. The van der Waals surface area contributed by atoms with E-state index in [9.17, 15) is 22.0 Å². The zero-order chi connectivity index (χ0) is 18.9. The van der Waals surface area contributed by atoms with Gasteiger partial charge in [0.05, 0.1) is 11.4 Å². The van der Waals surface area contributed by atoms with Crippen molar-refractivity contribution in [1.82, 2.24) is 0 Å². The predicted molar refractivity (Wildman–Crippen MR) is 95.9 cm³/mol. The van der Waals surface area contributed by atoms with Gasteiger partial charge in [0.15, 0.2) is 0 Å². The number of carbonyl (C=O) groups excluding carboxylic acids is 1. The zero-order valence-corrected chi connectivity index (χ0v) is 14.9. The summed E-state index contributed by atoms with van der Waals surface area (Å²) < 4.78 is 53.4. The van der Waals surface area contributed by atoms with Gasteiger partial charge in [-0.3, -0.25) is 9.10 Å². The molecule has 0 bridgehead atoms. The van der Waals surface area contributed by atoms with Gasteiger partial charge in [0, 0.05) is 12.2 Å². The maximum atomic E-state index is 13.8. The summed E-state index contributed by atoms with van der Waals surface area (Å²) >= 11 is 0. The molecule has 0 saturated carbocycles. The number of nitrogens with one attached hydrogen (secondary N) is 1. The van der Waals surface area contributed by atoms with E-state index in [0.29, 0.717) is 18.7 Å². The average molecular weight is 380 g/mol. The van der Waals surface area contributed by atoms with E-state index in [1.165, 1.54) is 16.4 Å². The molecule has 1 aliphatic rings. The number of amides is 1. The van der Waals surface area contributed by atoms with E-state index in [2.05, 4.69) is 5.32 Å². The number of hydrogen-bond acceptors (Lipinski definition) is 3. The zero-order valence-electron chi connectivity index (χ0n) is 14.1. The summed E-state index contributed by atoms with van der Waals surface area (Å²) in [6, 6.07) is 8.02. The molecular formula is C18H18F2N2O3S. The minimum atomic E-state index is -3.44. The molecule has 0 spiro atoms. The Kier molecular flexibility index (Phi) is 4.95. The van der Waals surface area contributed by atoms with Gasteiger partial charge >= 0.3 is 0 Å². The van der Waals surface area contributed by atoms with E-state index in [1.807, 2.05) is 0 Å². The molecule has 0 atom stereocenters. The fourth-order valence-electron chi connectivity index (χ4n) is 2.97. The maximum absolute atomic E-state index is 13.8. The smallest absolute Gasteiger partial charge is 0.261 e. The first-order valence-corrected chi connectivity index (χ1v) is 9.83. The van der Waals surface area contributed by atoms with Crippen LogP contribution in [-0.2, 0) is 16.4 Å². The highest BCUT2D eigenvalue weighted by atomic mass is 32.2. The van der Waals surface area contributed by atoms with E-state index >= 15 is 0 Å². The Labute approximate surface area is 150 Å². The molecule has 1 N–H and O–H groups in total. The van der Waals surface area contributed by atoms with Gasteiger partial charge in [-0.25, -0.2) is 17.2 Å². The van der Waals surface area contributed by atoms with Gasteiger partial charge in [0.2, 0.25) is 10.0 Å². The lowest BCUT2D eigenvalue weighted by Crippen LogP contribution is -2.36. The molecule has 26 heavy (non-hydrogen) atoms. The highest BCUT2D eigenvalue weighted by Gasteiger charge is 2.26. The van der Waals surface area contributed by atoms with Gasteiger partial charge in [-0.15, -0.1) is 0 Å². The molecule has 0 fully saturated rings. The third kappa shape index (κ3) is 3.41. The monoisotopic (exact) mass is 380 g/mol. The van der Waals surface area contributed by atoms with Crippen LogP contribution in [0.2, 0.25) is 0 Å². The number of halogens is 2. The summed E-state index contributed by atoms with van der Waals surface area (Å²) in [7, 11) is -3.44. The molecule has 0 radical (unpaired) electrons. The number of rotatable bonds is 4. The van der Waals surface area contributed by atoms with Crippen LogP contribution < -0.4 is 9.62 Å². The van der Waals surface area contributed by atoms with Gasteiger partial charge in [0.1, 0.15) is 17.2 Å². The summed E-state index contributed by atoms with van der Waals surface area (Å²) in [5.41, 5.74) is 0.936. The van der Waals surface area contributed by atoms with Gasteiger partial charge in [0.25, 0.3) is 5.91 Å². The van der Waals surface area contributed by atoms with Crippen molar-refractivity contribution in [3.05, 3.63) is 59.2 Å². The summed E-state index contributed by atoms with van der Waals surface area (Å²) in [6.45, 7) is 1.93. The minimum Gasteiger partial charge on any atom is -0.322 e. The summed E-state index contributed by atoms with van der Waals surface area (Å²) in [5, 5.41) is 2.44. The molecule has 8 heteroatoms. The van der Waals surface area contributed by atoms with Gasteiger partial charge in [-0.05, 0) is 49.6 Å². The molecule has 3 rings (SSSR count). The summed E-state index contributed by atoms with van der Waals surface area (Å²) in [5.74, 6) is -2.89. The molecule has 0 aromatic heterocycles. The van der Waals surface area contributed by atoms with E-state index in [-0.39, 0.29) is 11.4 Å². The van der Waals surface area contributed by atoms with Crippen LogP contribution in [0.15, 0.2) is 36.4 Å². The first-order valence-electron chi connectivity index (χ1n) is 8.22. The van der Waals surface area contributed by atoms with Gasteiger partial charge < -0.3 is 5.32 Å². The highest BCUT2D eigenvalue weighted by Crippen LogP contribution is 2.32. The lowest BCUT2D eigenvalue weighted by molar-refractivity contribution is 0.101. The van der Waals surface area contributed by atoms with Crippen LogP contribution >= 0.6 is 0 Å². The van der Waals surface area contributed by atoms with Crippen molar-refractivity contribution in [2.75, 3.05) is 21.9 Å². The topological polar surface area (TPSA) is 66.5 Å². The van der Waals surface area contributed by atoms with Gasteiger partial charge in [-0.2, -0.15) is 0 Å². The first-order chi connectivity index (χ1) is 12.3. The van der Waals surface area contributed by atoms with Crippen molar-refractivity contribution >= 4 is 27.3 Å². The molecule has 138 valence electrons. The minimum absolute atomic E-state index is 0.0382. The lowest BCUT2D eigenvalue weighted by atomic mass is 10.0. The second-order valence-electron chi connectivity index (χ2n) is 5.97. The van der Waals surface area contributed by atoms with Crippen LogP contribution in [-0.4, -0.2) is 26.6 Å². The molecule has 0 aliphatic carbocycles. The van der Waals surface area contributed by atoms with Crippen molar-refractivity contribution < 1.29 is 22.0 Å². The van der Waals surface area contributed by atoms with Crippen molar-refractivity contribution in [3.8, 4) is 0 Å². The lowest BCUT2D eigenvalue weighted by Gasteiger charge is -2.30. The average Bonchev–Trinajstić information content (AvgIpc) is 2.61. The summed E-state index contributed by atoms with van der Waals surface area (Å²) in [4.78, 5) is 12.2. The molecule has 1 amide bonds. The Hall–Kier alpha value is -2.48. The molecule has 5 nitrogen and oxygen atoms in total. The number of hydrogen-bond donors (Lipinski definition) is 1. The second kappa shape index (κ2) is 7.03. The van der Waals surface area contributed by atoms with Crippen LogP contribution in [0.5, 0.6) is 0 Å². The van der Waals surface area contributed by atoms with Crippen LogP contribution in [0.1, 0.15) is 29.3 Å². The number of sulfonamides is 1. The molecule has 1 aliphatic heterocycles. The van der Waals surface area contributed by atoms with Crippen LogP contribution in [0.3, 0.4) is 0 Å². The quantitative estimate of drug-likeness (QED) is 0.885. The fraction of sp³-hybridized carbons (Fsp3) is 0.278. The predicted octanol–water partition coefficient (Wildman–Crippen LogP) is 3.32. The molecular weight excluding hydrogens is 362 g/mol. The molecule has 0 saturated heterocycles. The standard InChI is InChI=1S/C18H18F2N2O3S/c1-2-26(24,25)22-10-4-5-12-8-9-13(11-16(12)22)21-18(23)17-14(19)6-3-7-15(17)20/h3,6-9,11H,2,4-5,10H2,1H3,(H,21,23). The fourth-order valence-corrected chi connectivity index (χ4v) is 4.16. The Balaban J connectivity index is 1.94. The van der Waals surface area contributed by atoms with E-state index < -0.39 is 33.1 Å². The van der Waals surface area contributed by atoms with Crippen LogP contribution in [0.25, 0.3) is 0 Å².